The maximum absolute atomic E-state index is 11.6. The lowest BCUT2D eigenvalue weighted by Gasteiger charge is -2.09. The van der Waals surface area contributed by atoms with Gasteiger partial charge in [0.05, 0.1) is 0 Å². The minimum absolute atomic E-state index is 0.212. The van der Waals surface area contributed by atoms with Crippen LogP contribution in [0.5, 0.6) is 5.75 Å². The summed E-state index contributed by atoms with van der Waals surface area (Å²) < 4.78 is 5.47. The molecule has 0 spiro atoms. The average molecular weight is 300 g/mol. The minimum Gasteiger partial charge on any atom is -0.426 e. The first kappa shape index (κ1) is 13.8. The van der Waals surface area contributed by atoms with Gasteiger partial charge in [-0.2, -0.15) is 0 Å². The molecule has 0 aromatic heterocycles. The van der Waals surface area contributed by atoms with Crippen LogP contribution in [0.1, 0.15) is 13.3 Å². The van der Waals surface area contributed by atoms with Gasteiger partial charge in [-0.1, -0.05) is 43.3 Å². The molecule has 0 bridgehead atoms. The smallest absolute Gasteiger partial charge is 0.310 e. The normalized spacial score (nSPS) is 11.2. The SMILES string of the molecule is CCC(=O)Oc1cccc2cc3cc4ccccc4cc3cc12. The average Bonchev–Trinajstić information content (AvgIpc) is 2.58. The Labute approximate surface area is 134 Å². The second-order valence-corrected chi connectivity index (χ2v) is 5.70. The van der Waals surface area contributed by atoms with E-state index in [1.165, 1.54) is 16.2 Å². The van der Waals surface area contributed by atoms with Crippen molar-refractivity contribution in [3.63, 3.8) is 0 Å². The second-order valence-electron chi connectivity index (χ2n) is 5.70. The molecular formula is C21H16O2. The molecule has 4 aromatic carbocycles. The van der Waals surface area contributed by atoms with E-state index < -0.39 is 0 Å². The Morgan fingerprint density at radius 1 is 0.783 bits per heavy atom. The van der Waals surface area contributed by atoms with Crippen molar-refractivity contribution in [2.24, 2.45) is 0 Å². The third kappa shape index (κ3) is 2.42. The molecular weight excluding hydrogens is 284 g/mol. The number of hydrogen-bond acceptors (Lipinski definition) is 2. The molecule has 0 heterocycles. The maximum atomic E-state index is 11.6. The van der Waals surface area contributed by atoms with E-state index in [-0.39, 0.29) is 5.97 Å². The molecule has 2 heteroatoms. The number of hydrogen-bond donors (Lipinski definition) is 0. The van der Waals surface area contributed by atoms with Crippen LogP contribution in [0.25, 0.3) is 32.3 Å². The first-order valence-electron chi connectivity index (χ1n) is 7.80. The minimum atomic E-state index is -0.212. The number of ether oxygens (including phenoxy) is 1. The molecule has 0 aliphatic carbocycles. The van der Waals surface area contributed by atoms with Gasteiger partial charge in [0, 0.05) is 11.8 Å². The van der Waals surface area contributed by atoms with Gasteiger partial charge in [0.2, 0.25) is 0 Å². The van der Waals surface area contributed by atoms with E-state index in [9.17, 15) is 4.79 Å². The van der Waals surface area contributed by atoms with Crippen LogP contribution >= 0.6 is 0 Å². The van der Waals surface area contributed by atoms with Crippen molar-refractivity contribution in [1.82, 2.24) is 0 Å². The van der Waals surface area contributed by atoms with Gasteiger partial charge in [0.1, 0.15) is 5.75 Å². The summed E-state index contributed by atoms with van der Waals surface area (Å²) in [5.74, 6) is 0.417. The lowest BCUT2D eigenvalue weighted by atomic mass is 9.99. The first-order valence-corrected chi connectivity index (χ1v) is 7.80. The van der Waals surface area contributed by atoms with E-state index in [0.717, 1.165) is 16.2 Å². The molecule has 0 amide bonds. The van der Waals surface area contributed by atoms with Crippen LogP contribution in [-0.2, 0) is 4.79 Å². The molecule has 4 rings (SSSR count). The molecule has 0 radical (unpaired) electrons. The summed E-state index contributed by atoms with van der Waals surface area (Å²) in [7, 11) is 0. The van der Waals surface area contributed by atoms with Gasteiger partial charge in [-0.25, -0.2) is 0 Å². The van der Waals surface area contributed by atoms with Gasteiger partial charge < -0.3 is 4.74 Å². The Kier molecular flexibility index (Phi) is 3.23. The van der Waals surface area contributed by atoms with Crippen molar-refractivity contribution in [2.45, 2.75) is 13.3 Å². The molecule has 0 aliphatic heterocycles. The highest BCUT2D eigenvalue weighted by atomic mass is 16.5. The highest BCUT2D eigenvalue weighted by molar-refractivity contribution is 6.06. The molecule has 4 aromatic rings. The number of rotatable bonds is 2. The summed E-state index contributed by atoms with van der Waals surface area (Å²) in [5, 5.41) is 6.83. The second kappa shape index (κ2) is 5.40. The molecule has 0 saturated carbocycles. The number of benzene rings is 4. The summed E-state index contributed by atoms with van der Waals surface area (Å²) in [5.41, 5.74) is 0. The molecule has 0 N–H and O–H groups in total. The number of esters is 1. The fraction of sp³-hybridized carbons (Fsp3) is 0.0952. The van der Waals surface area contributed by atoms with Crippen molar-refractivity contribution in [3.05, 3.63) is 66.7 Å². The standard InChI is InChI=1S/C21H16O2/c1-2-21(22)23-20-9-5-8-16-12-17-10-14-6-3-4-7-15(14)11-18(17)13-19(16)20/h3-13H,2H2,1H3. The zero-order valence-corrected chi connectivity index (χ0v) is 12.9. The van der Waals surface area contributed by atoms with Gasteiger partial charge in [0.15, 0.2) is 0 Å². The van der Waals surface area contributed by atoms with Crippen molar-refractivity contribution in [3.8, 4) is 5.75 Å². The fourth-order valence-electron chi connectivity index (χ4n) is 2.97. The highest BCUT2D eigenvalue weighted by Gasteiger charge is 2.08. The Morgan fingerprint density at radius 2 is 1.39 bits per heavy atom. The highest BCUT2D eigenvalue weighted by Crippen LogP contribution is 2.32. The Hall–Kier alpha value is -2.87. The van der Waals surface area contributed by atoms with Crippen molar-refractivity contribution >= 4 is 38.3 Å². The maximum Gasteiger partial charge on any atom is 0.310 e. The van der Waals surface area contributed by atoms with Crippen molar-refractivity contribution in [1.29, 1.82) is 0 Å². The predicted octanol–water partition coefficient (Wildman–Crippen LogP) is 5.46. The van der Waals surface area contributed by atoms with Crippen molar-refractivity contribution in [2.75, 3.05) is 0 Å². The van der Waals surface area contributed by atoms with Crippen LogP contribution in [-0.4, -0.2) is 5.97 Å². The number of carbonyl (C=O) groups is 1. The number of fused-ring (bicyclic) bond motifs is 3. The molecule has 112 valence electrons. The lowest BCUT2D eigenvalue weighted by molar-refractivity contribution is -0.133. The van der Waals surface area contributed by atoms with Crippen molar-refractivity contribution < 1.29 is 9.53 Å². The van der Waals surface area contributed by atoms with Gasteiger partial charge in [0.25, 0.3) is 0 Å². The van der Waals surface area contributed by atoms with Gasteiger partial charge in [-0.3, -0.25) is 4.79 Å². The summed E-state index contributed by atoms with van der Waals surface area (Å²) in [6.07, 6.45) is 0.370. The molecule has 0 saturated heterocycles. The van der Waals surface area contributed by atoms with Gasteiger partial charge in [-0.05, 0) is 57.3 Å². The first-order chi connectivity index (χ1) is 11.2. The molecule has 0 fully saturated rings. The topological polar surface area (TPSA) is 26.3 Å². The van der Waals surface area contributed by atoms with Crippen LogP contribution in [0.4, 0.5) is 0 Å². The van der Waals surface area contributed by atoms with Crippen LogP contribution in [0.3, 0.4) is 0 Å². The van der Waals surface area contributed by atoms with Crippen LogP contribution < -0.4 is 4.74 Å². The third-order valence-corrected chi connectivity index (χ3v) is 4.17. The summed E-state index contributed by atoms with van der Waals surface area (Å²) >= 11 is 0. The van der Waals surface area contributed by atoms with Crippen LogP contribution in [0.2, 0.25) is 0 Å². The third-order valence-electron chi connectivity index (χ3n) is 4.17. The largest absolute Gasteiger partial charge is 0.426 e. The quantitative estimate of drug-likeness (QED) is 0.279. The summed E-state index contributed by atoms with van der Waals surface area (Å²) in [4.78, 5) is 11.6. The Balaban J connectivity index is 1.99. The predicted molar refractivity (Wildman–Crippen MR) is 94.9 cm³/mol. The summed E-state index contributed by atoms with van der Waals surface area (Å²) in [6, 6.07) is 22.8. The van der Waals surface area contributed by atoms with E-state index in [1.54, 1.807) is 6.92 Å². The lowest BCUT2D eigenvalue weighted by Crippen LogP contribution is -2.05. The molecule has 0 unspecified atom stereocenters. The number of carbonyl (C=O) groups excluding carboxylic acids is 1. The van der Waals surface area contributed by atoms with Gasteiger partial charge in [-0.15, -0.1) is 0 Å². The van der Waals surface area contributed by atoms with Gasteiger partial charge >= 0.3 is 5.97 Å². The van der Waals surface area contributed by atoms with Crippen LogP contribution in [0.15, 0.2) is 66.7 Å². The molecule has 2 nitrogen and oxygen atoms in total. The summed E-state index contributed by atoms with van der Waals surface area (Å²) in [6.45, 7) is 1.80. The fourth-order valence-corrected chi connectivity index (χ4v) is 2.97. The van der Waals surface area contributed by atoms with E-state index in [4.69, 9.17) is 4.74 Å². The van der Waals surface area contributed by atoms with E-state index in [0.29, 0.717) is 12.2 Å². The van der Waals surface area contributed by atoms with E-state index in [2.05, 4.69) is 42.5 Å². The van der Waals surface area contributed by atoms with E-state index >= 15 is 0 Å². The molecule has 0 atom stereocenters. The Morgan fingerprint density at radius 3 is 2.09 bits per heavy atom. The van der Waals surface area contributed by atoms with Crippen LogP contribution in [0, 0.1) is 0 Å². The zero-order valence-electron chi connectivity index (χ0n) is 12.9. The Bertz CT molecular complexity index is 1050. The van der Waals surface area contributed by atoms with E-state index in [1.807, 2.05) is 24.3 Å². The molecule has 0 aliphatic rings. The monoisotopic (exact) mass is 300 g/mol. The molecule has 23 heavy (non-hydrogen) atoms. The zero-order chi connectivity index (χ0) is 15.8.